The Bertz CT molecular complexity index is 890. The zero-order valence-corrected chi connectivity index (χ0v) is 20.1. The minimum absolute atomic E-state index is 0.0328. The number of hydrogen-bond acceptors (Lipinski definition) is 3. The largest absolute Gasteiger partial charge is 0.504 e. The van der Waals surface area contributed by atoms with Crippen molar-refractivity contribution in [3.63, 3.8) is 0 Å². The normalized spacial score (nSPS) is 41.8. The van der Waals surface area contributed by atoms with Crippen molar-refractivity contribution < 1.29 is 15.0 Å². The van der Waals surface area contributed by atoms with Crippen molar-refractivity contribution in [2.45, 2.75) is 79.2 Å². The van der Waals surface area contributed by atoms with Gasteiger partial charge >= 0.3 is 0 Å². The van der Waals surface area contributed by atoms with Crippen LogP contribution in [0.5, 0.6) is 0 Å². The predicted molar refractivity (Wildman–Crippen MR) is 125 cm³/mol. The number of rotatable bonds is 4. The van der Waals surface area contributed by atoms with Crippen LogP contribution < -0.4 is 0 Å². The number of carbonyl (C=O) groups is 1. The summed E-state index contributed by atoms with van der Waals surface area (Å²) >= 11 is 0. The summed E-state index contributed by atoms with van der Waals surface area (Å²) in [5, 5.41) is 22.8. The predicted octanol–water partition coefficient (Wildman–Crippen LogP) is 6.32. The quantitative estimate of drug-likeness (QED) is 0.520. The summed E-state index contributed by atoms with van der Waals surface area (Å²) in [5.74, 6) is 1.72. The smallest absolute Gasteiger partial charge is 0.220 e. The average Bonchev–Trinajstić information content (AvgIpc) is 3.03. The lowest BCUT2D eigenvalue weighted by atomic mass is 9.57. The molecule has 3 heteroatoms. The van der Waals surface area contributed by atoms with E-state index in [0.29, 0.717) is 29.2 Å². The summed E-state index contributed by atoms with van der Waals surface area (Å²) < 4.78 is 0. The van der Waals surface area contributed by atoms with E-state index in [4.69, 9.17) is 0 Å². The standard InChI is InChI=1S/C28H40O3/c1-17(2)18(3)9-10-19(4)20-11-12-21-23-16-24(29)25(30)22-8-7-13-26(5,28(22,23)31)14-15-27(20,21)6/h7-10,16-21,30-31H,11-15H2,1-6H3/t18-,19+,20+,21-,26+,27+,28-/m0/s1. The maximum absolute atomic E-state index is 12.7. The first-order valence-electron chi connectivity index (χ1n) is 12.2. The van der Waals surface area contributed by atoms with E-state index in [9.17, 15) is 15.0 Å². The van der Waals surface area contributed by atoms with Crippen molar-refractivity contribution in [3.8, 4) is 0 Å². The minimum Gasteiger partial charge on any atom is -0.504 e. The van der Waals surface area contributed by atoms with Crippen molar-refractivity contribution >= 4 is 5.78 Å². The number of aliphatic hydroxyl groups is 2. The van der Waals surface area contributed by atoms with Crippen LogP contribution >= 0.6 is 0 Å². The van der Waals surface area contributed by atoms with E-state index in [0.717, 1.165) is 37.7 Å². The van der Waals surface area contributed by atoms with Gasteiger partial charge in [0.2, 0.25) is 5.78 Å². The van der Waals surface area contributed by atoms with E-state index in [1.807, 2.05) is 6.08 Å². The van der Waals surface area contributed by atoms with Gasteiger partial charge in [-0.2, -0.15) is 0 Å². The van der Waals surface area contributed by atoms with Crippen molar-refractivity contribution in [3.05, 3.63) is 47.3 Å². The molecule has 0 radical (unpaired) electrons. The monoisotopic (exact) mass is 424 g/mol. The third kappa shape index (κ3) is 3.14. The Morgan fingerprint density at radius 2 is 1.81 bits per heavy atom. The Labute approximate surface area is 188 Å². The molecule has 7 atom stereocenters. The lowest BCUT2D eigenvalue weighted by molar-refractivity contribution is -0.115. The van der Waals surface area contributed by atoms with Gasteiger partial charge in [-0.05, 0) is 78.8 Å². The lowest BCUT2D eigenvalue weighted by Gasteiger charge is -2.50. The summed E-state index contributed by atoms with van der Waals surface area (Å²) in [7, 11) is 0. The van der Waals surface area contributed by atoms with E-state index < -0.39 is 11.0 Å². The molecule has 0 aliphatic heterocycles. The third-order valence-electron chi connectivity index (χ3n) is 9.71. The molecule has 0 aromatic heterocycles. The molecular formula is C28H40O3. The van der Waals surface area contributed by atoms with Gasteiger partial charge < -0.3 is 10.2 Å². The molecule has 3 nitrogen and oxygen atoms in total. The maximum Gasteiger partial charge on any atom is 0.220 e. The van der Waals surface area contributed by atoms with E-state index in [1.54, 1.807) is 12.2 Å². The first kappa shape index (κ1) is 22.6. The number of allylic oxidation sites excluding steroid dienone is 4. The highest BCUT2D eigenvalue weighted by molar-refractivity contribution is 6.05. The Hall–Kier alpha value is -1.61. The molecule has 2 saturated carbocycles. The fourth-order valence-corrected chi connectivity index (χ4v) is 7.12. The second-order valence-corrected chi connectivity index (χ2v) is 11.7. The number of hydrogen-bond donors (Lipinski definition) is 2. The Balaban J connectivity index is 1.75. The van der Waals surface area contributed by atoms with E-state index in [2.05, 4.69) is 53.7 Å². The zero-order valence-electron chi connectivity index (χ0n) is 20.1. The number of carbonyl (C=O) groups excluding carboxylic acids is 1. The fourth-order valence-electron chi connectivity index (χ4n) is 7.12. The van der Waals surface area contributed by atoms with Crippen LogP contribution in [0.15, 0.2) is 47.3 Å². The number of fused-ring (bicyclic) bond motifs is 2. The van der Waals surface area contributed by atoms with Gasteiger partial charge in [0.1, 0.15) is 5.60 Å². The van der Waals surface area contributed by atoms with Crippen LogP contribution in [0, 0.1) is 40.4 Å². The van der Waals surface area contributed by atoms with Crippen LogP contribution in [0.2, 0.25) is 0 Å². The molecule has 0 spiro atoms. The van der Waals surface area contributed by atoms with Crippen molar-refractivity contribution in [1.82, 2.24) is 0 Å². The second-order valence-electron chi connectivity index (χ2n) is 11.7. The topological polar surface area (TPSA) is 57.5 Å². The van der Waals surface area contributed by atoms with Crippen LogP contribution in [0.1, 0.15) is 73.6 Å². The minimum atomic E-state index is -1.25. The zero-order chi connectivity index (χ0) is 22.8. The van der Waals surface area contributed by atoms with Gasteiger partial charge in [0, 0.05) is 11.0 Å². The Kier molecular flexibility index (Phi) is 5.44. The lowest BCUT2D eigenvalue weighted by Crippen LogP contribution is -2.53. The summed E-state index contributed by atoms with van der Waals surface area (Å²) in [6.07, 6.45) is 15.0. The maximum atomic E-state index is 12.7. The summed E-state index contributed by atoms with van der Waals surface area (Å²) in [4.78, 5) is 12.7. The number of ketones is 1. The molecule has 0 heterocycles. The molecule has 4 rings (SSSR count). The molecule has 170 valence electrons. The molecule has 0 bridgehead atoms. The van der Waals surface area contributed by atoms with Gasteiger partial charge in [-0.15, -0.1) is 0 Å². The van der Waals surface area contributed by atoms with Crippen molar-refractivity contribution in [2.24, 2.45) is 40.4 Å². The first-order valence-corrected chi connectivity index (χ1v) is 12.2. The molecule has 4 aliphatic rings. The molecule has 2 N–H and O–H groups in total. The Morgan fingerprint density at radius 1 is 1.10 bits per heavy atom. The van der Waals surface area contributed by atoms with Gasteiger partial charge in [0.05, 0.1) is 0 Å². The highest BCUT2D eigenvalue weighted by Gasteiger charge is 2.63. The van der Waals surface area contributed by atoms with Crippen LogP contribution in [-0.4, -0.2) is 21.6 Å². The number of aliphatic hydroxyl groups excluding tert-OH is 1. The highest BCUT2D eigenvalue weighted by Crippen LogP contribution is 2.66. The average molecular weight is 425 g/mol. The van der Waals surface area contributed by atoms with Crippen LogP contribution in [-0.2, 0) is 4.79 Å². The highest BCUT2D eigenvalue weighted by atomic mass is 16.3. The summed E-state index contributed by atoms with van der Waals surface area (Å²) in [5.41, 5.74) is -0.324. The molecule has 0 amide bonds. The molecule has 0 aromatic carbocycles. The van der Waals surface area contributed by atoms with Gasteiger partial charge in [-0.25, -0.2) is 0 Å². The van der Waals surface area contributed by atoms with Gasteiger partial charge in [-0.3, -0.25) is 4.79 Å². The molecular weight excluding hydrogens is 384 g/mol. The van der Waals surface area contributed by atoms with Crippen LogP contribution in [0.4, 0.5) is 0 Å². The molecule has 0 saturated heterocycles. The SMILES string of the molecule is CC(C)[C@@H](C)C=C[C@@H](C)[C@H]1CC[C@H]2C3=CC(=O)C(O)=C4C=CC[C@](C)(CC[C@]12C)[C@@]34O. The van der Waals surface area contributed by atoms with E-state index in [-0.39, 0.29) is 22.9 Å². The molecule has 2 fully saturated rings. The molecule has 4 aliphatic carbocycles. The van der Waals surface area contributed by atoms with Crippen LogP contribution in [0.25, 0.3) is 0 Å². The fraction of sp³-hybridized carbons (Fsp3) is 0.679. The van der Waals surface area contributed by atoms with E-state index in [1.165, 1.54) is 0 Å². The molecule has 31 heavy (non-hydrogen) atoms. The first-order chi connectivity index (χ1) is 14.5. The second kappa shape index (κ2) is 7.47. The molecule has 0 unspecified atom stereocenters. The van der Waals surface area contributed by atoms with Crippen LogP contribution in [0.3, 0.4) is 0 Å². The Morgan fingerprint density at radius 3 is 2.48 bits per heavy atom. The summed E-state index contributed by atoms with van der Waals surface area (Å²) in [6.45, 7) is 13.7. The molecule has 0 aromatic rings. The van der Waals surface area contributed by atoms with Crippen molar-refractivity contribution in [2.75, 3.05) is 0 Å². The van der Waals surface area contributed by atoms with Crippen molar-refractivity contribution in [1.29, 1.82) is 0 Å². The van der Waals surface area contributed by atoms with Gasteiger partial charge in [-0.1, -0.05) is 65.8 Å². The summed E-state index contributed by atoms with van der Waals surface area (Å²) in [6, 6.07) is 0. The van der Waals surface area contributed by atoms with Gasteiger partial charge in [0.15, 0.2) is 5.76 Å². The van der Waals surface area contributed by atoms with E-state index >= 15 is 0 Å². The third-order valence-corrected chi connectivity index (χ3v) is 9.71. The van der Waals surface area contributed by atoms with Gasteiger partial charge in [0.25, 0.3) is 0 Å².